The van der Waals surface area contributed by atoms with E-state index in [1.165, 1.54) is 0 Å². The minimum atomic E-state index is 0.729. The van der Waals surface area contributed by atoms with E-state index in [0.717, 1.165) is 29.3 Å². The topological polar surface area (TPSA) is 34.1 Å². The van der Waals surface area contributed by atoms with Crippen LogP contribution in [-0.2, 0) is 0 Å². The number of benzene rings is 2. The van der Waals surface area contributed by atoms with E-state index in [4.69, 9.17) is 0 Å². The summed E-state index contributed by atoms with van der Waals surface area (Å²) < 4.78 is 0. The van der Waals surface area contributed by atoms with E-state index in [9.17, 15) is 9.59 Å². The number of rotatable bonds is 2. The second-order valence-electron chi connectivity index (χ2n) is 3.56. The molecule has 0 radical (unpaired) electrons. The number of aryl methyl sites for hydroxylation is 1. The first-order chi connectivity index (χ1) is 8.26. The van der Waals surface area contributed by atoms with Crippen LogP contribution in [-0.4, -0.2) is 12.6 Å². The van der Waals surface area contributed by atoms with Gasteiger partial charge < -0.3 is 0 Å². The summed E-state index contributed by atoms with van der Waals surface area (Å²) in [6, 6.07) is 16.6. The molecule has 0 spiro atoms. The normalized spacial score (nSPS) is 8.76. The van der Waals surface area contributed by atoms with Crippen molar-refractivity contribution in [3.63, 3.8) is 0 Å². The van der Waals surface area contributed by atoms with Gasteiger partial charge in [-0.05, 0) is 13.0 Å². The van der Waals surface area contributed by atoms with Gasteiger partial charge in [-0.1, -0.05) is 54.1 Å². The van der Waals surface area contributed by atoms with Crippen molar-refractivity contribution < 1.29 is 9.59 Å². The summed E-state index contributed by atoms with van der Waals surface area (Å²) in [6.45, 7) is 1.97. The molecule has 17 heavy (non-hydrogen) atoms. The van der Waals surface area contributed by atoms with Crippen molar-refractivity contribution in [2.24, 2.45) is 0 Å². The number of carbonyl (C=O) groups is 2. The first kappa shape index (κ1) is 12.8. The van der Waals surface area contributed by atoms with Crippen LogP contribution in [0.2, 0.25) is 0 Å². The lowest BCUT2D eigenvalue weighted by Crippen LogP contribution is -1.78. The summed E-state index contributed by atoms with van der Waals surface area (Å²) in [5, 5.41) is 0. The van der Waals surface area contributed by atoms with E-state index < -0.39 is 0 Å². The zero-order chi connectivity index (χ0) is 12.5. The summed E-state index contributed by atoms with van der Waals surface area (Å²) in [5.74, 6) is 0. The van der Waals surface area contributed by atoms with Crippen molar-refractivity contribution in [1.29, 1.82) is 0 Å². The van der Waals surface area contributed by atoms with Crippen molar-refractivity contribution in [1.82, 2.24) is 0 Å². The van der Waals surface area contributed by atoms with Gasteiger partial charge in [0.15, 0.2) is 0 Å². The molecule has 2 nitrogen and oxygen atoms in total. The summed E-state index contributed by atoms with van der Waals surface area (Å²) in [5.41, 5.74) is 2.60. The van der Waals surface area contributed by atoms with E-state index in [1.54, 1.807) is 18.2 Å². The lowest BCUT2D eigenvalue weighted by Gasteiger charge is -1.89. The Hall–Kier alpha value is -2.22. The quantitative estimate of drug-likeness (QED) is 0.736. The fourth-order valence-corrected chi connectivity index (χ4v) is 1.28. The molecule has 0 saturated heterocycles. The molecular weight excluding hydrogens is 212 g/mol. The van der Waals surface area contributed by atoms with Gasteiger partial charge in [-0.2, -0.15) is 0 Å². The summed E-state index contributed by atoms with van der Waals surface area (Å²) in [4.78, 5) is 20.2. The molecule has 0 aliphatic carbocycles. The van der Waals surface area contributed by atoms with E-state index in [-0.39, 0.29) is 0 Å². The van der Waals surface area contributed by atoms with Gasteiger partial charge in [0.2, 0.25) is 0 Å². The fourth-order valence-electron chi connectivity index (χ4n) is 1.28. The Kier molecular flexibility index (Phi) is 5.38. The maximum atomic E-state index is 10.2. The smallest absolute Gasteiger partial charge is 0.150 e. The van der Waals surface area contributed by atoms with Gasteiger partial charge in [0.05, 0.1) is 0 Å². The predicted molar refractivity (Wildman–Crippen MR) is 68.4 cm³/mol. The third-order valence-electron chi connectivity index (χ3n) is 2.11. The van der Waals surface area contributed by atoms with Crippen molar-refractivity contribution in [2.45, 2.75) is 6.92 Å². The molecule has 2 heteroatoms. The highest BCUT2D eigenvalue weighted by atomic mass is 16.1. The second kappa shape index (κ2) is 7.12. The van der Waals surface area contributed by atoms with Crippen LogP contribution in [0.5, 0.6) is 0 Å². The maximum Gasteiger partial charge on any atom is 0.150 e. The lowest BCUT2D eigenvalue weighted by molar-refractivity contribution is 0.111. The van der Waals surface area contributed by atoms with E-state index in [1.807, 2.05) is 43.3 Å². The Balaban J connectivity index is 0.000000171. The SMILES string of the molecule is Cc1cccc(C=O)c1.O=Cc1ccccc1. The number of carbonyl (C=O) groups excluding carboxylic acids is 2. The monoisotopic (exact) mass is 226 g/mol. The zero-order valence-electron chi connectivity index (χ0n) is 9.67. The standard InChI is InChI=1S/C8H8O.C7H6O/c1-7-3-2-4-8(5-7)6-9;8-6-7-4-2-1-3-5-7/h2-6H,1H3;1-6H. The Morgan fingerprint density at radius 3 is 1.76 bits per heavy atom. The molecule has 0 atom stereocenters. The average molecular weight is 226 g/mol. The maximum absolute atomic E-state index is 10.2. The molecule has 2 aromatic rings. The van der Waals surface area contributed by atoms with Gasteiger partial charge in [0.1, 0.15) is 12.6 Å². The highest BCUT2D eigenvalue weighted by Gasteiger charge is 1.86. The summed E-state index contributed by atoms with van der Waals surface area (Å²) >= 11 is 0. The molecular formula is C15H14O2. The van der Waals surface area contributed by atoms with Gasteiger partial charge in [-0.25, -0.2) is 0 Å². The minimum absolute atomic E-state index is 0.729. The van der Waals surface area contributed by atoms with Crippen LogP contribution >= 0.6 is 0 Å². The van der Waals surface area contributed by atoms with E-state index in [2.05, 4.69) is 0 Å². The molecule has 0 aromatic heterocycles. The molecule has 2 rings (SSSR count). The van der Waals surface area contributed by atoms with Gasteiger partial charge in [-0.15, -0.1) is 0 Å². The van der Waals surface area contributed by atoms with Gasteiger partial charge in [0, 0.05) is 11.1 Å². The van der Waals surface area contributed by atoms with Gasteiger partial charge in [0.25, 0.3) is 0 Å². The van der Waals surface area contributed by atoms with E-state index >= 15 is 0 Å². The minimum Gasteiger partial charge on any atom is -0.298 e. The molecule has 2 aromatic carbocycles. The third-order valence-corrected chi connectivity index (χ3v) is 2.11. The molecule has 0 saturated carbocycles. The highest BCUT2D eigenvalue weighted by molar-refractivity contribution is 5.75. The Bertz CT molecular complexity index is 475. The summed E-state index contributed by atoms with van der Waals surface area (Å²) in [6.07, 6.45) is 1.69. The van der Waals surface area contributed by atoms with Crippen molar-refractivity contribution >= 4 is 12.6 Å². The second-order valence-corrected chi connectivity index (χ2v) is 3.56. The highest BCUT2D eigenvalue weighted by Crippen LogP contribution is 1.99. The van der Waals surface area contributed by atoms with Crippen LogP contribution in [0.15, 0.2) is 54.6 Å². The van der Waals surface area contributed by atoms with Gasteiger partial charge in [-0.3, -0.25) is 9.59 Å². The fraction of sp³-hybridized carbons (Fsp3) is 0.0667. The molecule has 0 aliphatic rings. The first-order valence-corrected chi connectivity index (χ1v) is 5.28. The van der Waals surface area contributed by atoms with Crippen LogP contribution < -0.4 is 0 Å². The molecule has 0 fully saturated rings. The number of hydrogen-bond donors (Lipinski definition) is 0. The predicted octanol–water partition coefficient (Wildman–Crippen LogP) is 3.31. The molecule has 0 amide bonds. The Morgan fingerprint density at radius 1 is 0.765 bits per heavy atom. The first-order valence-electron chi connectivity index (χ1n) is 5.28. The Morgan fingerprint density at radius 2 is 1.35 bits per heavy atom. The largest absolute Gasteiger partial charge is 0.298 e. The van der Waals surface area contributed by atoms with E-state index in [0.29, 0.717) is 0 Å². The lowest BCUT2D eigenvalue weighted by atomic mass is 10.2. The molecule has 86 valence electrons. The summed E-state index contributed by atoms with van der Waals surface area (Å²) in [7, 11) is 0. The van der Waals surface area contributed by atoms with Crippen LogP contribution in [0.25, 0.3) is 0 Å². The third kappa shape index (κ3) is 4.89. The average Bonchev–Trinajstić information content (AvgIpc) is 2.40. The molecule has 0 aliphatic heterocycles. The Labute approximate surface area is 101 Å². The van der Waals surface area contributed by atoms with Crippen LogP contribution in [0.3, 0.4) is 0 Å². The van der Waals surface area contributed by atoms with Crippen molar-refractivity contribution in [2.75, 3.05) is 0 Å². The van der Waals surface area contributed by atoms with Crippen LogP contribution in [0.1, 0.15) is 26.3 Å². The van der Waals surface area contributed by atoms with Gasteiger partial charge >= 0.3 is 0 Å². The van der Waals surface area contributed by atoms with Crippen LogP contribution in [0.4, 0.5) is 0 Å². The van der Waals surface area contributed by atoms with Crippen molar-refractivity contribution in [3.8, 4) is 0 Å². The zero-order valence-corrected chi connectivity index (χ0v) is 9.67. The molecule has 0 bridgehead atoms. The van der Waals surface area contributed by atoms with Crippen molar-refractivity contribution in [3.05, 3.63) is 71.3 Å². The molecule has 0 N–H and O–H groups in total. The molecule has 0 unspecified atom stereocenters. The number of hydrogen-bond acceptors (Lipinski definition) is 2. The number of aldehydes is 2. The molecule has 0 heterocycles. The van der Waals surface area contributed by atoms with Crippen LogP contribution in [0, 0.1) is 6.92 Å².